The maximum Gasteiger partial charge on any atom is 0.319 e. The van der Waals surface area contributed by atoms with Crippen LogP contribution >= 0.6 is 0 Å². The summed E-state index contributed by atoms with van der Waals surface area (Å²) in [4.78, 5) is 14.6. The zero-order chi connectivity index (χ0) is 19.1. The molecule has 144 valence electrons. The molecule has 1 aliphatic rings. The summed E-state index contributed by atoms with van der Waals surface area (Å²) in [7, 11) is 0. The van der Waals surface area contributed by atoms with E-state index in [1.165, 1.54) is 0 Å². The number of hydrogen-bond donors (Lipinski definition) is 2. The molecule has 0 aromatic heterocycles. The minimum Gasteiger partial charge on any atom is -0.455 e. The molecule has 0 saturated carbocycles. The molecule has 3 rings (SSSR count). The van der Waals surface area contributed by atoms with E-state index in [2.05, 4.69) is 29.4 Å². The van der Waals surface area contributed by atoms with Gasteiger partial charge in [0.2, 0.25) is 0 Å². The normalized spacial score (nSPS) is 20.1. The fraction of sp³-hybridized carbons (Fsp3) is 0.381. The van der Waals surface area contributed by atoms with Crippen LogP contribution in [0.25, 0.3) is 0 Å². The third-order valence-electron chi connectivity index (χ3n) is 4.32. The molecule has 1 aliphatic heterocycles. The first-order valence-corrected chi connectivity index (χ1v) is 9.35. The predicted molar refractivity (Wildman–Crippen MR) is 106 cm³/mol. The Balaban J connectivity index is 1.49. The Morgan fingerprint density at radius 1 is 1.07 bits per heavy atom. The first-order chi connectivity index (χ1) is 13.1. The molecule has 27 heavy (non-hydrogen) atoms. The molecule has 2 unspecified atom stereocenters. The molecule has 0 spiro atoms. The molecule has 1 heterocycles. The number of para-hydroxylation sites is 3. The van der Waals surface area contributed by atoms with Crippen molar-refractivity contribution in [3.05, 3.63) is 54.6 Å². The summed E-state index contributed by atoms with van der Waals surface area (Å²) in [5.74, 6) is 1.33. The SMILES string of the molecule is CC1CN(CCNC(=O)Nc2ccccc2Oc2ccccc2)CC(C)O1. The average Bonchev–Trinajstić information content (AvgIpc) is 2.63. The van der Waals surface area contributed by atoms with Crippen LogP contribution in [0.1, 0.15) is 13.8 Å². The van der Waals surface area contributed by atoms with Gasteiger partial charge in [-0.2, -0.15) is 0 Å². The maximum atomic E-state index is 12.3. The number of nitrogens with one attached hydrogen (secondary N) is 2. The first kappa shape index (κ1) is 19.2. The van der Waals surface area contributed by atoms with Crippen molar-refractivity contribution in [2.45, 2.75) is 26.1 Å². The van der Waals surface area contributed by atoms with Crippen LogP contribution in [0.3, 0.4) is 0 Å². The number of carbonyl (C=O) groups is 1. The van der Waals surface area contributed by atoms with Gasteiger partial charge < -0.3 is 20.1 Å². The standard InChI is InChI=1S/C21H27N3O3/c1-16-14-24(15-17(2)26-16)13-12-22-21(25)23-19-10-6-7-11-20(19)27-18-8-4-3-5-9-18/h3-11,16-17H,12-15H2,1-2H3,(H2,22,23,25). The van der Waals surface area contributed by atoms with Crippen molar-refractivity contribution >= 4 is 11.7 Å². The number of benzene rings is 2. The summed E-state index contributed by atoms with van der Waals surface area (Å²) in [6, 6.07) is 16.7. The van der Waals surface area contributed by atoms with Crippen LogP contribution in [0.2, 0.25) is 0 Å². The van der Waals surface area contributed by atoms with Crippen molar-refractivity contribution in [3.8, 4) is 11.5 Å². The molecular weight excluding hydrogens is 342 g/mol. The van der Waals surface area contributed by atoms with Crippen molar-refractivity contribution in [3.63, 3.8) is 0 Å². The second-order valence-electron chi connectivity index (χ2n) is 6.81. The summed E-state index contributed by atoms with van der Waals surface area (Å²) in [6.45, 7) is 7.31. The Labute approximate surface area is 160 Å². The second-order valence-corrected chi connectivity index (χ2v) is 6.81. The van der Waals surface area contributed by atoms with E-state index < -0.39 is 0 Å². The second kappa shape index (κ2) is 9.39. The van der Waals surface area contributed by atoms with Gasteiger partial charge in [-0.25, -0.2) is 4.79 Å². The van der Waals surface area contributed by atoms with Crippen LogP contribution in [0, 0.1) is 0 Å². The van der Waals surface area contributed by atoms with Gasteiger partial charge in [-0.1, -0.05) is 30.3 Å². The molecule has 2 aromatic carbocycles. The lowest BCUT2D eigenvalue weighted by Crippen LogP contribution is -2.48. The third kappa shape index (κ3) is 5.98. The van der Waals surface area contributed by atoms with Crippen LogP contribution in [0.4, 0.5) is 10.5 Å². The Bertz CT molecular complexity index is 728. The van der Waals surface area contributed by atoms with E-state index >= 15 is 0 Å². The summed E-state index contributed by atoms with van der Waals surface area (Å²) < 4.78 is 11.6. The van der Waals surface area contributed by atoms with Crippen molar-refractivity contribution in [2.75, 3.05) is 31.5 Å². The van der Waals surface area contributed by atoms with Crippen LogP contribution in [-0.4, -0.2) is 49.3 Å². The summed E-state index contributed by atoms with van der Waals surface area (Å²) in [5.41, 5.74) is 0.632. The molecule has 2 aromatic rings. The number of ether oxygens (including phenoxy) is 2. The average molecular weight is 369 g/mol. The number of carbonyl (C=O) groups excluding carboxylic acids is 1. The van der Waals surface area contributed by atoms with E-state index in [-0.39, 0.29) is 18.2 Å². The molecule has 6 heteroatoms. The Hall–Kier alpha value is -2.57. The Morgan fingerprint density at radius 3 is 2.48 bits per heavy atom. The quantitative estimate of drug-likeness (QED) is 0.815. The van der Waals surface area contributed by atoms with Gasteiger partial charge in [0.1, 0.15) is 5.75 Å². The Kier molecular flexibility index (Phi) is 6.68. The van der Waals surface area contributed by atoms with Gasteiger partial charge in [0.15, 0.2) is 5.75 Å². The van der Waals surface area contributed by atoms with E-state index in [4.69, 9.17) is 9.47 Å². The molecule has 0 bridgehead atoms. The summed E-state index contributed by atoms with van der Waals surface area (Å²) in [5, 5.41) is 5.78. The first-order valence-electron chi connectivity index (χ1n) is 9.35. The molecular formula is C21H27N3O3. The fourth-order valence-corrected chi connectivity index (χ4v) is 3.24. The number of urea groups is 1. The monoisotopic (exact) mass is 369 g/mol. The number of anilines is 1. The third-order valence-corrected chi connectivity index (χ3v) is 4.32. The number of nitrogens with zero attached hydrogens (tertiary/aromatic N) is 1. The number of rotatable bonds is 6. The smallest absolute Gasteiger partial charge is 0.319 e. The topological polar surface area (TPSA) is 62.8 Å². The maximum absolute atomic E-state index is 12.3. The molecule has 6 nitrogen and oxygen atoms in total. The van der Waals surface area contributed by atoms with Crippen LogP contribution in [0.15, 0.2) is 54.6 Å². The van der Waals surface area contributed by atoms with E-state index in [0.717, 1.165) is 25.4 Å². The zero-order valence-corrected chi connectivity index (χ0v) is 15.9. The molecule has 0 aliphatic carbocycles. The molecule has 2 amide bonds. The lowest BCUT2D eigenvalue weighted by atomic mass is 10.2. The van der Waals surface area contributed by atoms with E-state index in [9.17, 15) is 4.79 Å². The van der Waals surface area contributed by atoms with Crippen molar-refractivity contribution in [2.24, 2.45) is 0 Å². The summed E-state index contributed by atoms with van der Waals surface area (Å²) in [6.07, 6.45) is 0.453. The van der Waals surface area contributed by atoms with Gasteiger partial charge >= 0.3 is 6.03 Å². The van der Waals surface area contributed by atoms with Crippen LogP contribution in [0.5, 0.6) is 11.5 Å². The van der Waals surface area contributed by atoms with Crippen molar-refractivity contribution < 1.29 is 14.3 Å². The van der Waals surface area contributed by atoms with Gasteiger partial charge in [0.25, 0.3) is 0 Å². The predicted octanol–water partition coefficient (Wildman–Crippen LogP) is 3.71. The van der Waals surface area contributed by atoms with Crippen LogP contribution in [-0.2, 0) is 4.74 Å². The summed E-state index contributed by atoms with van der Waals surface area (Å²) >= 11 is 0. The zero-order valence-electron chi connectivity index (χ0n) is 15.9. The fourth-order valence-electron chi connectivity index (χ4n) is 3.24. The molecule has 1 fully saturated rings. The Morgan fingerprint density at radius 2 is 1.74 bits per heavy atom. The van der Waals surface area contributed by atoms with Gasteiger partial charge in [-0.05, 0) is 38.1 Å². The van der Waals surface area contributed by atoms with Gasteiger partial charge in [-0.3, -0.25) is 4.90 Å². The lowest BCUT2D eigenvalue weighted by Gasteiger charge is -2.35. The van der Waals surface area contributed by atoms with E-state index in [1.54, 1.807) is 0 Å². The van der Waals surface area contributed by atoms with Gasteiger partial charge in [0.05, 0.1) is 17.9 Å². The van der Waals surface area contributed by atoms with Crippen molar-refractivity contribution in [1.29, 1.82) is 0 Å². The van der Waals surface area contributed by atoms with Crippen LogP contribution < -0.4 is 15.4 Å². The van der Waals surface area contributed by atoms with Gasteiger partial charge in [0, 0.05) is 26.2 Å². The highest BCUT2D eigenvalue weighted by Crippen LogP contribution is 2.28. The minimum atomic E-state index is -0.242. The highest BCUT2D eigenvalue weighted by atomic mass is 16.5. The minimum absolute atomic E-state index is 0.226. The lowest BCUT2D eigenvalue weighted by molar-refractivity contribution is -0.0672. The van der Waals surface area contributed by atoms with Gasteiger partial charge in [-0.15, -0.1) is 0 Å². The number of morpholine rings is 1. The molecule has 0 radical (unpaired) electrons. The highest BCUT2D eigenvalue weighted by Gasteiger charge is 2.21. The van der Waals surface area contributed by atoms with Crippen molar-refractivity contribution in [1.82, 2.24) is 10.2 Å². The molecule has 2 N–H and O–H groups in total. The highest BCUT2D eigenvalue weighted by molar-refractivity contribution is 5.90. The number of amides is 2. The largest absolute Gasteiger partial charge is 0.455 e. The molecule has 2 atom stereocenters. The van der Waals surface area contributed by atoms with E-state index in [0.29, 0.717) is 18.0 Å². The van der Waals surface area contributed by atoms with E-state index in [1.807, 2.05) is 54.6 Å². The molecule has 1 saturated heterocycles. The number of hydrogen-bond acceptors (Lipinski definition) is 4.